The Bertz CT molecular complexity index is 2310. The van der Waals surface area contributed by atoms with Crippen molar-refractivity contribution < 1.29 is 66.7 Å². The number of hydrogen-bond donors (Lipinski definition) is 3. The minimum absolute atomic E-state index is 0.00713. The van der Waals surface area contributed by atoms with Crippen molar-refractivity contribution in [3.63, 3.8) is 0 Å². The predicted octanol–water partition coefficient (Wildman–Crippen LogP) is 11.5. The zero-order valence-corrected chi connectivity index (χ0v) is 46.4. The number of carbonyl (C=O) groups is 5. The first kappa shape index (κ1) is 60.3. The highest BCUT2D eigenvalue weighted by molar-refractivity contribution is 8.76. The summed E-state index contributed by atoms with van der Waals surface area (Å²) in [5.74, 6) is -3.13. The standard InChI is InChI=1S/C57H77F2NO12S3/c1-5-51(64)72-57(53(66)73-37-58)38(2)29-44-45-34-48(59)47-33-43(61)20-21-55(47,3)56(45,4)42(31-46(44)57)32-52(65)69-25-27-74-75-28-26-70-54(67)71-36-41-30-40(18-19-49(41)62)50(63)35-60-22-12-8-14-24-68-23-13-7-11-17-39-15-9-6-10-16-39/h6,9-10,15-16,18-21,30,38,42,44-46,50,60,62-63H,5,7-8,11-14,17,22-29,31-37H2,1-4H3/t38-,42-,44+,45+,46?,50?,55+,56+,57-/m1/s1. The average molecular weight is 1100 g/mol. The van der Waals surface area contributed by atoms with Crippen molar-refractivity contribution in [2.75, 3.05) is 57.0 Å². The van der Waals surface area contributed by atoms with Crippen LogP contribution in [-0.4, -0.2) is 102 Å². The number of carbonyl (C=O) groups excluding carboxylic acids is 5. The first-order valence-corrected chi connectivity index (χ1v) is 30.1. The summed E-state index contributed by atoms with van der Waals surface area (Å²) >= 11 is 0.470. The zero-order chi connectivity index (χ0) is 54.0. The average Bonchev–Trinajstić information content (AvgIpc) is 3.78. The Hall–Kier alpha value is -3.94. The van der Waals surface area contributed by atoms with Crippen molar-refractivity contribution in [1.82, 2.24) is 5.32 Å². The van der Waals surface area contributed by atoms with Crippen LogP contribution < -0.4 is 5.32 Å². The smallest absolute Gasteiger partial charge is 0.508 e. The fourth-order valence-corrected chi connectivity index (χ4v) is 14.6. The van der Waals surface area contributed by atoms with Crippen molar-refractivity contribution in [1.29, 1.82) is 0 Å². The zero-order valence-electron chi connectivity index (χ0n) is 44.0. The van der Waals surface area contributed by atoms with E-state index >= 15 is 4.39 Å². The predicted molar refractivity (Wildman–Crippen MR) is 289 cm³/mol. The van der Waals surface area contributed by atoms with Gasteiger partial charge in [-0.25, -0.2) is 13.6 Å². The minimum Gasteiger partial charge on any atom is -0.508 e. The molecule has 0 aromatic heterocycles. The van der Waals surface area contributed by atoms with Gasteiger partial charge < -0.3 is 39.2 Å². The van der Waals surface area contributed by atoms with Gasteiger partial charge in [0.05, 0.1) is 6.10 Å². The number of phenols is 1. The number of aromatic hydroxyl groups is 1. The van der Waals surface area contributed by atoms with Crippen LogP contribution in [0.2, 0.25) is 0 Å². The number of benzene rings is 2. The number of allylic oxidation sites excluding steroid dienone is 4. The second-order valence-electron chi connectivity index (χ2n) is 20.7. The van der Waals surface area contributed by atoms with Crippen molar-refractivity contribution in [3.05, 3.63) is 88.8 Å². The van der Waals surface area contributed by atoms with Crippen LogP contribution >= 0.6 is 33.3 Å². The molecule has 4 aliphatic carbocycles. The lowest BCUT2D eigenvalue weighted by Gasteiger charge is -2.64. The highest BCUT2D eigenvalue weighted by Gasteiger charge is 2.71. The van der Waals surface area contributed by atoms with E-state index in [0.29, 0.717) is 52.9 Å². The number of hydrogen-bond acceptors (Lipinski definition) is 16. The van der Waals surface area contributed by atoms with E-state index in [0.717, 1.165) is 58.3 Å². The molecule has 2 aromatic carbocycles. The molecule has 0 heterocycles. The van der Waals surface area contributed by atoms with E-state index in [1.807, 2.05) is 26.8 Å². The third-order valence-electron chi connectivity index (χ3n) is 16.3. The number of unbranched alkanes of at least 4 members (excludes halogenated alkanes) is 4. The molecule has 9 atom stereocenters. The highest BCUT2D eigenvalue weighted by Crippen LogP contribution is 2.72. The molecule has 18 heteroatoms. The van der Waals surface area contributed by atoms with Gasteiger partial charge in [0, 0.05) is 79.8 Å². The monoisotopic (exact) mass is 1100 g/mol. The van der Waals surface area contributed by atoms with Crippen molar-refractivity contribution in [2.24, 2.45) is 40.4 Å². The summed E-state index contributed by atoms with van der Waals surface area (Å²) in [6, 6.07) is 14.2. The number of ketones is 1. The van der Waals surface area contributed by atoms with E-state index in [9.17, 15) is 38.6 Å². The molecule has 0 spiro atoms. The Morgan fingerprint density at radius 3 is 2.32 bits per heavy atom. The number of aryl methyl sites for hydroxylation is 1. The molecule has 0 bridgehead atoms. The Morgan fingerprint density at radius 2 is 1.60 bits per heavy atom. The van der Waals surface area contributed by atoms with E-state index in [-0.39, 0.29) is 75.2 Å². The molecule has 75 heavy (non-hydrogen) atoms. The fraction of sp³-hybridized carbons (Fsp3) is 0.632. The molecule has 0 amide bonds. The van der Waals surface area contributed by atoms with Crippen molar-refractivity contribution >= 4 is 62.3 Å². The van der Waals surface area contributed by atoms with Crippen LogP contribution in [0, 0.1) is 40.4 Å². The Morgan fingerprint density at radius 1 is 0.880 bits per heavy atom. The molecule has 0 radical (unpaired) electrons. The number of nitrogens with one attached hydrogen (secondary N) is 1. The van der Waals surface area contributed by atoms with Gasteiger partial charge in [-0.1, -0.05) is 98.2 Å². The van der Waals surface area contributed by atoms with Gasteiger partial charge >= 0.3 is 18.1 Å². The minimum atomic E-state index is -1.65. The number of phenolic OH excluding ortho intramolecular Hbond substituents is 1. The molecular formula is C57H77F2NO12S3. The molecule has 0 aliphatic heterocycles. The van der Waals surface area contributed by atoms with Gasteiger partial charge in [0.2, 0.25) is 5.12 Å². The maximum atomic E-state index is 16.3. The molecule has 2 unspecified atom stereocenters. The van der Waals surface area contributed by atoms with E-state index in [2.05, 4.69) is 29.6 Å². The number of fused-ring (bicyclic) bond motifs is 5. The van der Waals surface area contributed by atoms with Gasteiger partial charge in [-0.15, -0.1) is 0 Å². The van der Waals surface area contributed by atoms with Crippen LogP contribution in [0.15, 0.2) is 72.1 Å². The highest BCUT2D eigenvalue weighted by atomic mass is 33.1. The van der Waals surface area contributed by atoms with Crippen LogP contribution in [0.25, 0.3) is 0 Å². The normalized spacial score (nSPS) is 26.2. The maximum absolute atomic E-state index is 16.3. The molecular weight excluding hydrogens is 1020 g/mol. The summed E-state index contributed by atoms with van der Waals surface area (Å²) in [7, 11) is 2.82. The SMILES string of the molecule is CCC(=O)O[C@@]1(C(=O)SCF)C2C[C@H](CC(=O)OCCSSCCOC(=O)OCc3cc(C(O)CNCCCCCOCCCCCc4ccccc4)ccc3O)[C@@]3(C)[C@@H](CC(F)=C4CC(=O)C=C[C@@]43C)[C@@H]2C[C@H]1C. The maximum Gasteiger partial charge on any atom is 0.508 e. The van der Waals surface area contributed by atoms with Crippen LogP contribution in [0.5, 0.6) is 5.75 Å². The molecule has 6 rings (SSSR count). The second kappa shape index (κ2) is 29.2. The molecule has 2 fully saturated rings. The number of thioether (sulfide) groups is 1. The number of esters is 2. The number of aliphatic hydroxyl groups is 1. The van der Waals surface area contributed by atoms with E-state index in [4.69, 9.17) is 23.7 Å². The van der Waals surface area contributed by atoms with E-state index < -0.39 is 75.4 Å². The summed E-state index contributed by atoms with van der Waals surface area (Å²) in [5.41, 5.74) is -0.644. The molecule has 4 aliphatic rings. The number of halogens is 2. The number of alkyl halides is 1. The largest absolute Gasteiger partial charge is 0.508 e. The molecule has 13 nitrogen and oxygen atoms in total. The lowest BCUT2D eigenvalue weighted by Crippen LogP contribution is -2.61. The number of aliphatic hydroxyl groups excluding tert-OH is 1. The quantitative estimate of drug-likeness (QED) is 0.0290. The Balaban J connectivity index is 0.880. The van der Waals surface area contributed by atoms with Gasteiger partial charge in [-0.2, -0.15) is 0 Å². The number of ether oxygens (including phenoxy) is 5. The molecule has 2 saturated carbocycles. The summed E-state index contributed by atoms with van der Waals surface area (Å²) in [6.07, 6.45) is 9.58. The Labute approximate surface area is 453 Å². The van der Waals surface area contributed by atoms with Gasteiger partial charge in [0.1, 0.15) is 37.4 Å². The molecule has 414 valence electrons. The van der Waals surface area contributed by atoms with Crippen LogP contribution in [0.3, 0.4) is 0 Å². The molecule has 2 aromatic rings. The summed E-state index contributed by atoms with van der Waals surface area (Å²) in [4.78, 5) is 65.7. The van der Waals surface area contributed by atoms with Crippen LogP contribution in [-0.2, 0) is 55.9 Å². The second-order valence-corrected chi connectivity index (χ2v) is 24.3. The van der Waals surface area contributed by atoms with Gasteiger partial charge in [0.25, 0.3) is 0 Å². The third-order valence-corrected chi connectivity index (χ3v) is 19.3. The molecule has 0 saturated heterocycles. The summed E-state index contributed by atoms with van der Waals surface area (Å²) in [5, 5.41) is 23.9. The van der Waals surface area contributed by atoms with Crippen LogP contribution in [0.4, 0.5) is 13.6 Å². The topological polar surface area (TPSA) is 184 Å². The summed E-state index contributed by atoms with van der Waals surface area (Å²) in [6.45, 7) is 9.88. The van der Waals surface area contributed by atoms with Gasteiger partial charge in [-0.3, -0.25) is 19.2 Å². The van der Waals surface area contributed by atoms with Gasteiger partial charge in [-0.05, 0) is 128 Å². The molecule has 3 N–H and O–H groups in total. The lowest BCUT2D eigenvalue weighted by atomic mass is 9.40. The number of rotatable bonds is 30. The summed E-state index contributed by atoms with van der Waals surface area (Å²) < 4.78 is 58.2. The first-order valence-electron chi connectivity index (χ1n) is 26.7. The first-order chi connectivity index (χ1) is 36.1. The van der Waals surface area contributed by atoms with Crippen LogP contribution in [0.1, 0.15) is 128 Å². The Kier molecular flexibility index (Phi) is 23.4. The fourth-order valence-electron chi connectivity index (χ4n) is 12.2. The third kappa shape index (κ3) is 15.2. The van der Waals surface area contributed by atoms with Crippen molar-refractivity contribution in [3.8, 4) is 5.75 Å². The van der Waals surface area contributed by atoms with Crippen molar-refractivity contribution in [2.45, 2.75) is 129 Å². The van der Waals surface area contributed by atoms with Gasteiger partial charge in [0.15, 0.2) is 11.4 Å². The van der Waals surface area contributed by atoms with E-state index in [1.165, 1.54) is 45.7 Å². The lowest BCUT2D eigenvalue weighted by molar-refractivity contribution is -0.184. The van der Waals surface area contributed by atoms with E-state index in [1.54, 1.807) is 25.1 Å².